The third-order valence-corrected chi connectivity index (χ3v) is 2.65. The summed E-state index contributed by atoms with van der Waals surface area (Å²) in [5.74, 6) is 0. The van der Waals surface area contributed by atoms with Gasteiger partial charge in [-0.15, -0.1) is 0 Å². The van der Waals surface area contributed by atoms with Crippen LogP contribution in [0.15, 0.2) is 30.5 Å². The summed E-state index contributed by atoms with van der Waals surface area (Å²) >= 11 is 0. The zero-order valence-electron chi connectivity index (χ0n) is 9.91. The van der Waals surface area contributed by atoms with Crippen LogP contribution in [0.1, 0.15) is 5.56 Å². The van der Waals surface area contributed by atoms with Gasteiger partial charge in [-0.2, -0.15) is 5.10 Å². The Morgan fingerprint density at radius 3 is 2.61 bits per heavy atom. The third-order valence-electron chi connectivity index (χ3n) is 2.65. The van der Waals surface area contributed by atoms with Crippen LogP contribution >= 0.6 is 0 Å². The van der Waals surface area contributed by atoms with Gasteiger partial charge in [0.15, 0.2) is 0 Å². The Labute approximate surface area is 104 Å². The lowest BCUT2D eigenvalue weighted by Crippen LogP contribution is -2.06. The molecule has 1 aromatic heterocycles. The minimum absolute atomic E-state index is 0.0488. The van der Waals surface area contributed by atoms with Crippen molar-refractivity contribution in [1.82, 2.24) is 9.78 Å². The van der Waals surface area contributed by atoms with E-state index < -0.39 is 4.92 Å². The highest BCUT2D eigenvalue weighted by Gasteiger charge is 2.21. The van der Waals surface area contributed by atoms with Gasteiger partial charge in [0.05, 0.1) is 18.1 Å². The van der Waals surface area contributed by atoms with E-state index >= 15 is 0 Å². The number of aliphatic hydroxyl groups is 1. The summed E-state index contributed by atoms with van der Waals surface area (Å²) < 4.78 is 1.45. The first-order valence-corrected chi connectivity index (χ1v) is 5.51. The van der Waals surface area contributed by atoms with Gasteiger partial charge in [-0.05, 0) is 6.92 Å². The SMILES string of the molecule is Cc1ccc(-c2c([N+](=O)[O-])cnn2CCO)cc1. The molecule has 94 valence electrons. The van der Waals surface area contributed by atoms with E-state index in [1.165, 1.54) is 10.9 Å². The van der Waals surface area contributed by atoms with Crippen LogP contribution < -0.4 is 0 Å². The molecule has 0 spiro atoms. The molecule has 2 aromatic rings. The average Bonchev–Trinajstić information content (AvgIpc) is 2.75. The maximum Gasteiger partial charge on any atom is 0.314 e. The summed E-state index contributed by atoms with van der Waals surface area (Å²) in [6.45, 7) is 2.07. The summed E-state index contributed by atoms with van der Waals surface area (Å²) in [5, 5.41) is 23.9. The second-order valence-corrected chi connectivity index (χ2v) is 3.95. The number of hydrogen-bond acceptors (Lipinski definition) is 4. The Balaban J connectivity index is 2.55. The Bertz CT molecular complexity index is 560. The number of rotatable bonds is 4. The Morgan fingerprint density at radius 1 is 1.39 bits per heavy atom. The van der Waals surface area contributed by atoms with E-state index in [1.807, 2.05) is 31.2 Å². The fourth-order valence-corrected chi connectivity index (χ4v) is 1.78. The molecule has 6 nitrogen and oxygen atoms in total. The lowest BCUT2D eigenvalue weighted by atomic mass is 10.1. The van der Waals surface area contributed by atoms with Gasteiger partial charge >= 0.3 is 5.69 Å². The van der Waals surface area contributed by atoms with Crippen molar-refractivity contribution in [2.75, 3.05) is 6.61 Å². The molecule has 0 saturated carbocycles. The van der Waals surface area contributed by atoms with Gasteiger partial charge in [-0.3, -0.25) is 14.8 Å². The third kappa shape index (κ3) is 2.23. The molecule has 0 aliphatic heterocycles. The van der Waals surface area contributed by atoms with E-state index in [1.54, 1.807) is 0 Å². The zero-order chi connectivity index (χ0) is 13.1. The van der Waals surface area contributed by atoms with Crippen LogP contribution in [-0.2, 0) is 6.54 Å². The molecule has 0 saturated heterocycles. The molecule has 1 aromatic carbocycles. The van der Waals surface area contributed by atoms with Gasteiger partial charge in [-0.1, -0.05) is 29.8 Å². The Morgan fingerprint density at radius 2 is 2.06 bits per heavy atom. The average molecular weight is 247 g/mol. The van der Waals surface area contributed by atoms with Crippen LogP contribution in [-0.4, -0.2) is 26.4 Å². The number of aryl methyl sites for hydroxylation is 1. The lowest BCUT2D eigenvalue weighted by molar-refractivity contribution is -0.384. The van der Waals surface area contributed by atoms with Gasteiger partial charge in [0, 0.05) is 5.56 Å². The van der Waals surface area contributed by atoms with Crippen LogP contribution in [0.2, 0.25) is 0 Å². The second-order valence-electron chi connectivity index (χ2n) is 3.95. The van der Waals surface area contributed by atoms with E-state index in [-0.39, 0.29) is 18.8 Å². The Kier molecular flexibility index (Phi) is 3.38. The van der Waals surface area contributed by atoms with Gasteiger partial charge in [0.1, 0.15) is 11.9 Å². The van der Waals surface area contributed by atoms with E-state index in [0.29, 0.717) is 5.69 Å². The minimum atomic E-state index is -0.462. The molecular weight excluding hydrogens is 234 g/mol. The predicted octanol–water partition coefficient (Wildman–Crippen LogP) is 1.76. The highest BCUT2D eigenvalue weighted by atomic mass is 16.6. The largest absolute Gasteiger partial charge is 0.394 e. The smallest absolute Gasteiger partial charge is 0.314 e. The molecule has 0 aliphatic carbocycles. The molecule has 0 unspecified atom stereocenters. The van der Waals surface area contributed by atoms with Crippen molar-refractivity contribution in [3.63, 3.8) is 0 Å². The summed E-state index contributed by atoms with van der Waals surface area (Å²) in [6, 6.07) is 7.39. The monoisotopic (exact) mass is 247 g/mol. The van der Waals surface area contributed by atoms with Crippen molar-refractivity contribution >= 4 is 5.69 Å². The maximum atomic E-state index is 11.0. The van der Waals surface area contributed by atoms with Crippen molar-refractivity contribution in [1.29, 1.82) is 0 Å². The van der Waals surface area contributed by atoms with Crippen molar-refractivity contribution in [2.24, 2.45) is 0 Å². The van der Waals surface area contributed by atoms with Crippen molar-refractivity contribution < 1.29 is 10.0 Å². The van der Waals surface area contributed by atoms with Crippen molar-refractivity contribution in [3.8, 4) is 11.3 Å². The topological polar surface area (TPSA) is 81.2 Å². The highest BCUT2D eigenvalue weighted by molar-refractivity contribution is 5.69. The fraction of sp³-hybridized carbons (Fsp3) is 0.250. The van der Waals surface area contributed by atoms with Crippen LogP contribution in [0.4, 0.5) is 5.69 Å². The number of aromatic nitrogens is 2. The molecule has 0 bridgehead atoms. The quantitative estimate of drug-likeness (QED) is 0.659. The van der Waals surface area contributed by atoms with Gasteiger partial charge < -0.3 is 5.11 Å². The van der Waals surface area contributed by atoms with E-state index in [0.717, 1.165) is 11.1 Å². The molecule has 0 radical (unpaired) electrons. The van der Waals surface area contributed by atoms with E-state index in [4.69, 9.17) is 5.11 Å². The predicted molar refractivity (Wildman–Crippen MR) is 66.1 cm³/mol. The standard InChI is InChI=1S/C12H13N3O3/c1-9-2-4-10(5-3-9)12-11(15(17)18)8-13-14(12)6-7-16/h2-5,8,16H,6-7H2,1H3. The van der Waals surface area contributed by atoms with Crippen molar-refractivity contribution in [3.05, 3.63) is 46.1 Å². The Hall–Kier alpha value is -2.21. The zero-order valence-corrected chi connectivity index (χ0v) is 9.91. The van der Waals surface area contributed by atoms with Gasteiger partial charge in [0.2, 0.25) is 0 Å². The van der Waals surface area contributed by atoms with E-state index in [2.05, 4.69) is 5.10 Å². The molecule has 0 fully saturated rings. The number of aliphatic hydroxyl groups excluding tert-OH is 1. The van der Waals surface area contributed by atoms with Crippen LogP contribution in [0, 0.1) is 17.0 Å². The number of nitro groups is 1. The molecule has 1 N–H and O–H groups in total. The molecule has 0 atom stereocenters. The van der Waals surface area contributed by atoms with E-state index in [9.17, 15) is 10.1 Å². The number of nitrogens with zero attached hydrogens (tertiary/aromatic N) is 3. The summed E-state index contributed by atoms with van der Waals surface area (Å²) in [6.07, 6.45) is 1.21. The molecule has 18 heavy (non-hydrogen) atoms. The molecule has 2 rings (SSSR count). The first kappa shape index (κ1) is 12.3. The van der Waals surface area contributed by atoms with Crippen molar-refractivity contribution in [2.45, 2.75) is 13.5 Å². The minimum Gasteiger partial charge on any atom is -0.394 e. The molecular formula is C12H13N3O3. The molecule has 1 heterocycles. The second kappa shape index (κ2) is 4.97. The number of hydrogen-bond donors (Lipinski definition) is 1. The van der Waals surface area contributed by atoms with Crippen LogP contribution in [0.25, 0.3) is 11.3 Å². The summed E-state index contributed by atoms with van der Waals surface area (Å²) in [4.78, 5) is 10.5. The maximum absolute atomic E-state index is 11.0. The first-order valence-electron chi connectivity index (χ1n) is 5.51. The van der Waals surface area contributed by atoms with Gasteiger partial charge in [0.25, 0.3) is 0 Å². The van der Waals surface area contributed by atoms with Gasteiger partial charge in [-0.25, -0.2) is 0 Å². The number of benzene rings is 1. The van der Waals surface area contributed by atoms with Crippen LogP contribution in [0.5, 0.6) is 0 Å². The lowest BCUT2D eigenvalue weighted by Gasteiger charge is -2.05. The highest BCUT2D eigenvalue weighted by Crippen LogP contribution is 2.29. The molecule has 0 amide bonds. The summed E-state index contributed by atoms with van der Waals surface area (Å²) in [7, 11) is 0. The molecule has 6 heteroatoms. The van der Waals surface area contributed by atoms with Crippen LogP contribution in [0.3, 0.4) is 0 Å². The molecule has 0 aliphatic rings. The first-order chi connectivity index (χ1) is 8.63. The normalized spacial score (nSPS) is 10.6. The fourth-order valence-electron chi connectivity index (χ4n) is 1.78. The summed E-state index contributed by atoms with van der Waals surface area (Å²) in [5.41, 5.74) is 2.18.